The number of aryl methyl sites for hydroxylation is 1. The Morgan fingerprint density at radius 2 is 2.00 bits per heavy atom. The molecule has 2 aromatic heterocycles. The van der Waals surface area contributed by atoms with Crippen molar-refractivity contribution in [1.82, 2.24) is 4.98 Å². The van der Waals surface area contributed by atoms with E-state index in [1.807, 2.05) is 42.7 Å². The van der Waals surface area contributed by atoms with Crippen LogP contribution in [0.4, 0.5) is 5.69 Å². The minimum Gasteiger partial charge on any atom is -0.436 e. The van der Waals surface area contributed by atoms with Crippen LogP contribution < -0.4 is 10.3 Å². The molecule has 2 heterocycles. The van der Waals surface area contributed by atoms with Crippen molar-refractivity contribution in [3.8, 4) is 11.5 Å². The van der Waals surface area contributed by atoms with Gasteiger partial charge >= 0.3 is 0 Å². The first kappa shape index (κ1) is 11.7. The SMILES string of the molecule is CCC[n+]1ccc(-c2nc3cc(N)ccc3o2)cc1. The molecule has 0 aliphatic carbocycles. The zero-order valence-corrected chi connectivity index (χ0v) is 10.8. The third-order valence-electron chi connectivity index (χ3n) is 3.03. The lowest BCUT2D eigenvalue weighted by Gasteiger charge is -1.95. The fourth-order valence-electron chi connectivity index (χ4n) is 2.08. The van der Waals surface area contributed by atoms with Gasteiger partial charge in [0.05, 0.1) is 0 Å². The van der Waals surface area contributed by atoms with Crippen molar-refractivity contribution >= 4 is 16.8 Å². The summed E-state index contributed by atoms with van der Waals surface area (Å²) in [5, 5.41) is 0. The van der Waals surface area contributed by atoms with Crippen molar-refractivity contribution < 1.29 is 8.98 Å². The summed E-state index contributed by atoms with van der Waals surface area (Å²) >= 11 is 0. The molecule has 4 nitrogen and oxygen atoms in total. The number of hydrogen-bond donors (Lipinski definition) is 1. The second-order valence-corrected chi connectivity index (χ2v) is 4.57. The van der Waals surface area contributed by atoms with Crippen LogP contribution in [0.1, 0.15) is 13.3 Å². The number of pyridine rings is 1. The van der Waals surface area contributed by atoms with Gasteiger partial charge in [-0.1, -0.05) is 6.92 Å². The molecule has 0 aliphatic heterocycles. The van der Waals surface area contributed by atoms with Crippen molar-refractivity contribution in [3.05, 3.63) is 42.7 Å². The van der Waals surface area contributed by atoms with Gasteiger partial charge in [0.1, 0.15) is 12.1 Å². The molecule has 96 valence electrons. The first-order valence-corrected chi connectivity index (χ1v) is 6.42. The molecule has 3 rings (SSSR count). The van der Waals surface area contributed by atoms with Crippen molar-refractivity contribution in [2.75, 3.05) is 5.73 Å². The number of oxazole rings is 1. The lowest BCUT2D eigenvalue weighted by molar-refractivity contribution is -0.696. The van der Waals surface area contributed by atoms with Gasteiger partial charge in [0.15, 0.2) is 18.0 Å². The summed E-state index contributed by atoms with van der Waals surface area (Å²) in [6, 6.07) is 9.52. The van der Waals surface area contributed by atoms with E-state index in [2.05, 4.69) is 16.5 Å². The van der Waals surface area contributed by atoms with Crippen LogP contribution in [0, 0.1) is 0 Å². The minimum absolute atomic E-state index is 0.629. The Balaban J connectivity index is 1.99. The molecule has 3 aromatic rings. The summed E-state index contributed by atoms with van der Waals surface area (Å²) in [4.78, 5) is 4.46. The first-order valence-electron chi connectivity index (χ1n) is 6.42. The third kappa shape index (κ3) is 2.29. The number of rotatable bonds is 3. The van der Waals surface area contributed by atoms with Gasteiger partial charge < -0.3 is 10.2 Å². The largest absolute Gasteiger partial charge is 0.436 e. The molecule has 4 heteroatoms. The molecule has 0 saturated heterocycles. The molecule has 0 atom stereocenters. The van der Waals surface area contributed by atoms with Crippen LogP contribution in [0.5, 0.6) is 0 Å². The summed E-state index contributed by atoms with van der Waals surface area (Å²) in [5.74, 6) is 0.629. The number of fused-ring (bicyclic) bond motifs is 1. The zero-order chi connectivity index (χ0) is 13.2. The Morgan fingerprint density at radius 3 is 2.74 bits per heavy atom. The van der Waals surface area contributed by atoms with Gasteiger partial charge in [0.2, 0.25) is 5.89 Å². The Morgan fingerprint density at radius 1 is 1.21 bits per heavy atom. The van der Waals surface area contributed by atoms with Gasteiger partial charge in [-0.05, 0) is 18.2 Å². The van der Waals surface area contributed by atoms with Crippen LogP contribution >= 0.6 is 0 Å². The standard InChI is InChI=1S/C15H16N3O/c1-2-7-18-8-5-11(6-9-18)15-17-13-10-12(16)3-4-14(13)19-15/h3-6,8-10H,2,7,16H2,1H3/q+1. The summed E-state index contributed by atoms with van der Waals surface area (Å²) in [5.41, 5.74) is 8.96. The molecular formula is C15H16N3O+. The molecular weight excluding hydrogens is 238 g/mol. The number of anilines is 1. The Labute approximate surface area is 111 Å². The lowest BCUT2D eigenvalue weighted by atomic mass is 10.2. The predicted octanol–water partition coefficient (Wildman–Crippen LogP) is 2.77. The maximum atomic E-state index is 5.74. The monoisotopic (exact) mass is 254 g/mol. The van der Waals surface area contributed by atoms with Gasteiger partial charge in [0.25, 0.3) is 0 Å². The molecule has 0 bridgehead atoms. The summed E-state index contributed by atoms with van der Waals surface area (Å²) in [7, 11) is 0. The van der Waals surface area contributed by atoms with Crippen LogP contribution in [0.15, 0.2) is 47.1 Å². The Hall–Kier alpha value is -2.36. The fourth-order valence-corrected chi connectivity index (χ4v) is 2.08. The quantitative estimate of drug-likeness (QED) is 0.577. The van der Waals surface area contributed by atoms with Gasteiger partial charge in [-0.25, -0.2) is 9.55 Å². The Kier molecular flexibility index (Phi) is 2.91. The van der Waals surface area contributed by atoms with E-state index in [1.54, 1.807) is 0 Å². The van der Waals surface area contributed by atoms with E-state index in [1.165, 1.54) is 0 Å². The Bertz CT molecular complexity index is 701. The van der Waals surface area contributed by atoms with Gasteiger partial charge in [-0.2, -0.15) is 0 Å². The van der Waals surface area contributed by atoms with Gasteiger partial charge in [-0.3, -0.25) is 0 Å². The van der Waals surface area contributed by atoms with Crippen molar-refractivity contribution in [1.29, 1.82) is 0 Å². The van der Waals surface area contributed by atoms with Gasteiger partial charge in [0, 0.05) is 29.8 Å². The van der Waals surface area contributed by atoms with Crippen LogP contribution in [0.3, 0.4) is 0 Å². The van der Waals surface area contributed by atoms with Crippen LogP contribution in [-0.4, -0.2) is 4.98 Å². The highest BCUT2D eigenvalue weighted by molar-refractivity contribution is 5.79. The first-order chi connectivity index (χ1) is 9.26. The highest BCUT2D eigenvalue weighted by Gasteiger charge is 2.09. The molecule has 0 amide bonds. The van der Waals surface area contributed by atoms with Crippen LogP contribution in [-0.2, 0) is 6.54 Å². The smallest absolute Gasteiger partial charge is 0.227 e. The molecule has 2 N–H and O–H groups in total. The van der Waals surface area contributed by atoms with Crippen LogP contribution in [0.25, 0.3) is 22.6 Å². The molecule has 1 aromatic carbocycles. The van der Waals surface area contributed by atoms with E-state index in [-0.39, 0.29) is 0 Å². The van der Waals surface area contributed by atoms with E-state index in [0.29, 0.717) is 11.6 Å². The second kappa shape index (κ2) is 4.72. The van der Waals surface area contributed by atoms with Gasteiger partial charge in [-0.15, -0.1) is 0 Å². The third-order valence-corrected chi connectivity index (χ3v) is 3.03. The lowest BCUT2D eigenvalue weighted by Crippen LogP contribution is -2.31. The minimum atomic E-state index is 0.629. The number of nitrogens with two attached hydrogens (primary N) is 1. The van der Waals surface area contributed by atoms with Crippen molar-refractivity contribution in [3.63, 3.8) is 0 Å². The molecule has 0 radical (unpaired) electrons. The molecule has 19 heavy (non-hydrogen) atoms. The highest BCUT2D eigenvalue weighted by Crippen LogP contribution is 2.24. The number of hydrogen-bond acceptors (Lipinski definition) is 3. The average molecular weight is 254 g/mol. The number of nitrogen functional groups attached to an aromatic ring is 1. The van der Waals surface area contributed by atoms with E-state index >= 15 is 0 Å². The van der Waals surface area contributed by atoms with Crippen molar-refractivity contribution in [2.45, 2.75) is 19.9 Å². The summed E-state index contributed by atoms with van der Waals surface area (Å²) < 4.78 is 7.88. The topological polar surface area (TPSA) is 55.9 Å². The van der Waals surface area contributed by atoms with E-state index in [9.17, 15) is 0 Å². The van der Waals surface area contributed by atoms with E-state index in [4.69, 9.17) is 10.2 Å². The number of benzene rings is 1. The number of aromatic nitrogens is 2. The average Bonchev–Trinajstić information content (AvgIpc) is 2.83. The molecule has 0 aliphatic rings. The summed E-state index contributed by atoms with van der Waals surface area (Å²) in [6.07, 6.45) is 5.20. The summed E-state index contributed by atoms with van der Waals surface area (Å²) in [6.45, 7) is 3.18. The zero-order valence-electron chi connectivity index (χ0n) is 10.8. The molecule has 0 spiro atoms. The van der Waals surface area contributed by atoms with E-state index < -0.39 is 0 Å². The maximum absolute atomic E-state index is 5.74. The highest BCUT2D eigenvalue weighted by atomic mass is 16.3. The maximum Gasteiger partial charge on any atom is 0.227 e. The van der Waals surface area contributed by atoms with E-state index in [0.717, 1.165) is 29.6 Å². The fraction of sp³-hybridized carbons (Fsp3) is 0.200. The molecule has 0 unspecified atom stereocenters. The molecule has 0 fully saturated rings. The number of nitrogens with zero attached hydrogens (tertiary/aromatic N) is 2. The normalized spacial score (nSPS) is 11.0. The van der Waals surface area contributed by atoms with Crippen molar-refractivity contribution in [2.24, 2.45) is 0 Å². The predicted molar refractivity (Wildman–Crippen MR) is 74.3 cm³/mol. The molecule has 0 saturated carbocycles. The van der Waals surface area contributed by atoms with Crippen LogP contribution in [0.2, 0.25) is 0 Å². The second-order valence-electron chi connectivity index (χ2n) is 4.57.